The quantitative estimate of drug-likeness (QED) is 0.272. The van der Waals surface area contributed by atoms with Crippen LogP contribution in [0, 0.1) is 17.0 Å². The topological polar surface area (TPSA) is 85.2 Å². The second kappa shape index (κ2) is 9.88. The number of hydrogen-bond acceptors (Lipinski definition) is 5. The van der Waals surface area contributed by atoms with E-state index in [-0.39, 0.29) is 52.3 Å². The summed E-state index contributed by atoms with van der Waals surface area (Å²) < 4.78 is 57.8. The molecule has 0 N–H and O–H groups in total. The van der Waals surface area contributed by atoms with Crippen molar-refractivity contribution in [3.63, 3.8) is 0 Å². The Morgan fingerprint density at radius 1 is 1.00 bits per heavy atom. The van der Waals surface area contributed by atoms with Gasteiger partial charge in [-0.25, -0.2) is 21.9 Å². The second-order valence-corrected chi connectivity index (χ2v) is 12.5. The molecule has 3 heterocycles. The number of pyridine rings is 1. The molecule has 6 rings (SSSR count). The lowest BCUT2D eigenvalue weighted by atomic mass is 9.65. The largest absolute Gasteiger partial charge is 0.291 e. The van der Waals surface area contributed by atoms with Gasteiger partial charge >= 0.3 is 0 Å². The zero-order valence-corrected chi connectivity index (χ0v) is 23.0. The van der Waals surface area contributed by atoms with Crippen LogP contribution >= 0.6 is 23.2 Å². The Balaban J connectivity index is 1.45. The van der Waals surface area contributed by atoms with Crippen LogP contribution in [0.3, 0.4) is 0 Å². The van der Waals surface area contributed by atoms with Crippen molar-refractivity contribution in [3.05, 3.63) is 111 Å². The summed E-state index contributed by atoms with van der Waals surface area (Å²) in [6, 6.07) is 12.6. The Hall–Kier alpha value is -3.44. The summed E-state index contributed by atoms with van der Waals surface area (Å²) in [5, 5.41) is 4.72. The molecule has 1 aliphatic heterocycles. The first kappa shape index (κ1) is 26.8. The van der Waals surface area contributed by atoms with Crippen LogP contribution in [0.2, 0.25) is 10.0 Å². The maximum atomic E-state index is 14.2. The fraction of sp³-hybridized carbons (Fsp3) is 0.179. The number of fused-ring (bicyclic) bond motifs is 2. The van der Waals surface area contributed by atoms with Crippen molar-refractivity contribution in [1.29, 1.82) is 0 Å². The third-order valence-electron chi connectivity index (χ3n) is 7.39. The molecule has 1 saturated heterocycles. The Morgan fingerprint density at radius 2 is 1.82 bits per heavy atom. The molecule has 1 unspecified atom stereocenters. The number of aromatic nitrogens is 3. The number of nitrogens with zero attached hydrogens (tertiary/aromatic N) is 4. The van der Waals surface area contributed by atoms with Crippen LogP contribution < -0.4 is 0 Å². The van der Waals surface area contributed by atoms with Crippen molar-refractivity contribution in [2.45, 2.75) is 17.7 Å². The molecule has 2 aromatic carbocycles. The molecule has 1 atom stereocenters. The molecule has 1 aliphatic carbocycles. The van der Waals surface area contributed by atoms with E-state index in [2.05, 4.69) is 10.1 Å². The number of halogens is 4. The van der Waals surface area contributed by atoms with Gasteiger partial charge in [0.15, 0.2) is 17.4 Å². The minimum Gasteiger partial charge on any atom is -0.291 e. The SMILES string of the molecule is O=C(c1ccccn1)C12Cc3cnn(-c4ccc(F)c(F)c4)c3C=C1CCN(S(=O)(=O)c1ccc(Cl)c(Cl)c1)C2. The summed E-state index contributed by atoms with van der Waals surface area (Å²) >= 11 is 12.1. The Kier molecular flexibility index (Phi) is 6.61. The standard InChI is InChI=1S/C28H20Cl2F2N4O3S/c29-21-6-5-20(13-22(21)30)40(38,39)35-10-8-18-11-26-17(15-34-36(26)19-4-7-23(31)24(32)12-19)14-28(18,16-35)27(37)25-3-1-2-9-33-25/h1-7,9,11-13,15H,8,10,14,16H2. The predicted molar refractivity (Wildman–Crippen MR) is 146 cm³/mol. The smallest absolute Gasteiger partial charge is 0.243 e. The molecule has 40 heavy (non-hydrogen) atoms. The van der Waals surface area contributed by atoms with Crippen molar-refractivity contribution in [2.24, 2.45) is 5.41 Å². The van der Waals surface area contributed by atoms with Gasteiger partial charge in [0.25, 0.3) is 0 Å². The van der Waals surface area contributed by atoms with Crippen LogP contribution in [0.15, 0.2) is 77.5 Å². The van der Waals surface area contributed by atoms with Gasteiger partial charge in [-0.2, -0.15) is 9.40 Å². The summed E-state index contributed by atoms with van der Waals surface area (Å²) in [6.45, 7) is -0.0209. The van der Waals surface area contributed by atoms with E-state index in [1.54, 1.807) is 30.5 Å². The number of benzene rings is 2. The summed E-state index contributed by atoms with van der Waals surface area (Å²) in [7, 11) is -4.04. The number of hydrogen-bond donors (Lipinski definition) is 0. The fourth-order valence-electron chi connectivity index (χ4n) is 5.37. The maximum absolute atomic E-state index is 14.2. The monoisotopic (exact) mass is 600 g/mol. The van der Waals surface area contributed by atoms with Gasteiger partial charge in [-0.1, -0.05) is 34.8 Å². The highest BCUT2D eigenvalue weighted by Crippen LogP contribution is 2.47. The lowest BCUT2D eigenvalue weighted by Gasteiger charge is -2.44. The van der Waals surface area contributed by atoms with E-state index in [4.69, 9.17) is 23.2 Å². The predicted octanol–water partition coefficient (Wildman–Crippen LogP) is 5.76. The number of piperidine rings is 1. The van der Waals surface area contributed by atoms with Gasteiger partial charge in [-0.15, -0.1) is 0 Å². The highest BCUT2D eigenvalue weighted by molar-refractivity contribution is 7.89. The van der Waals surface area contributed by atoms with Gasteiger partial charge in [0.05, 0.1) is 37.9 Å². The maximum Gasteiger partial charge on any atom is 0.243 e. The van der Waals surface area contributed by atoms with Gasteiger partial charge in [0.2, 0.25) is 10.0 Å². The second-order valence-electron chi connectivity index (χ2n) is 9.70. The average Bonchev–Trinajstić information content (AvgIpc) is 3.36. The third kappa shape index (κ3) is 4.35. The van der Waals surface area contributed by atoms with Crippen LogP contribution in [-0.2, 0) is 16.4 Å². The Labute approximate surface area is 238 Å². The van der Waals surface area contributed by atoms with Crippen molar-refractivity contribution in [3.8, 4) is 5.69 Å². The van der Waals surface area contributed by atoms with Crippen molar-refractivity contribution in [1.82, 2.24) is 19.1 Å². The van der Waals surface area contributed by atoms with Gasteiger partial charge in [0, 0.05) is 25.4 Å². The van der Waals surface area contributed by atoms with E-state index in [0.29, 0.717) is 22.5 Å². The van der Waals surface area contributed by atoms with Crippen molar-refractivity contribution >= 4 is 45.1 Å². The number of Topliss-reactive ketones (excluding diaryl/α,β-unsaturated/α-hetero) is 1. The van der Waals surface area contributed by atoms with E-state index in [0.717, 1.165) is 12.1 Å². The molecule has 204 valence electrons. The molecule has 0 amide bonds. The van der Waals surface area contributed by atoms with E-state index >= 15 is 0 Å². The molecule has 12 heteroatoms. The fourth-order valence-corrected chi connectivity index (χ4v) is 7.26. The molecule has 1 fully saturated rings. The molecule has 2 aromatic heterocycles. The number of ketones is 1. The minimum absolute atomic E-state index is 0.0302. The van der Waals surface area contributed by atoms with Crippen LogP contribution in [0.5, 0.6) is 0 Å². The Morgan fingerprint density at radius 3 is 2.55 bits per heavy atom. The molecule has 0 saturated carbocycles. The summed E-state index contributed by atoms with van der Waals surface area (Å²) in [5.41, 5.74) is 1.25. The number of carbonyl (C=O) groups excluding carboxylic acids is 1. The summed E-state index contributed by atoms with van der Waals surface area (Å²) in [6.07, 6.45) is 5.26. The van der Waals surface area contributed by atoms with Gasteiger partial charge < -0.3 is 0 Å². The van der Waals surface area contributed by atoms with Gasteiger partial charge in [-0.05, 0) is 66.9 Å². The molecule has 0 radical (unpaired) electrons. The molecule has 4 aromatic rings. The first-order chi connectivity index (χ1) is 19.1. The van der Waals surface area contributed by atoms with Crippen LogP contribution in [0.25, 0.3) is 11.8 Å². The van der Waals surface area contributed by atoms with E-state index < -0.39 is 27.1 Å². The van der Waals surface area contributed by atoms with Gasteiger partial charge in [0.1, 0.15) is 5.69 Å². The van der Waals surface area contributed by atoms with Crippen LogP contribution in [-0.4, -0.2) is 46.4 Å². The normalized spacial score (nSPS) is 19.1. The van der Waals surface area contributed by atoms with Crippen molar-refractivity contribution in [2.75, 3.05) is 13.1 Å². The zero-order chi connectivity index (χ0) is 28.2. The molecule has 0 spiro atoms. The molecular formula is C28H20Cl2F2N4O3S. The van der Waals surface area contributed by atoms with E-state index in [1.807, 2.05) is 0 Å². The first-order valence-corrected chi connectivity index (χ1v) is 14.4. The average molecular weight is 601 g/mol. The minimum atomic E-state index is -4.04. The summed E-state index contributed by atoms with van der Waals surface area (Å²) in [5.74, 6) is -2.30. The number of carbonyl (C=O) groups is 1. The van der Waals surface area contributed by atoms with Crippen molar-refractivity contribution < 1.29 is 22.0 Å². The van der Waals surface area contributed by atoms with E-state index in [1.165, 1.54) is 39.4 Å². The lowest BCUT2D eigenvalue weighted by molar-refractivity contribution is 0.0770. The Bertz CT molecular complexity index is 1810. The summed E-state index contributed by atoms with van der Waals surface area (Å²) in [4.78, 5) is 18.4. The lowest BCUT2D eigenvalue weighted by Crippen LogP contribution is -2.53. The number of rotatable bonds is 5. The zero-order valence-electron chi connectivity index (χ0n) is 20.7. The molecular weight excluding hydrogens is 581 g/mol. The number of sulfonamides is 1. The highest BCUT2D eigenvalue weighted by Gasteiger charge is 2.51. The van der Waals surface area contributed by atoms with Crippen LogP contribution in [0.1, 0.15) is 28.2 Å². The first-order valence-electron chi connectivity index (χ1n) is 12.2. The van der Waals surface area contributed by atoms with E-state index in [9.17, 15) is 22.0 Å². The van der Waals surface area contributed by atoms with Gasteiger partial charge in [-0.3, -0.25) is 9.78 Å². The molecule has 2 aliphatic rings. The molecule has 7 nitrogen and oxygen atoms in total. The molecule has 0 bridgehead atoms. The third-order valence-corrected chi connectivity index (χ3v) is 9.97. The van der Waals surface area contributed by atoms with Crippen LogP contribution in [0.4, 0.5) is 8.78 Å². The highest BCUT2D eigenvalue weighted by atomic mass is 35.5.